The Morgan fingerprint density at radius 2 is 1.79 bits per heavy atom. The van der Waals surface area contributed by atoms with Gasteiger partial charge in [0.1, 0.15) is 0 Å². The van der Waals surface area contributed by atoms with Crippen LogP contribution in [0.5, 0.6) is 0 Å². The van der Waals surface area contributed by atoms with E-state index in [4.69, 9.17) is 5.73 Å². The number of hydrogen-bond acceptors (Lipinski definition) is 1. The van der Waals surface area contributed by atoms with Crippen LogP contribution in [0.15, 0.2) is 60.6 Å². The van der Waals surface area contributed by atoms with Gasteiger partial charge in [0.15, 0.2) is 18.4 Å². The summed E-state index contributed by atoms with van der Waals surface area (Å²) in [6, 6.07) is 14.7. The minimum absolute atomic E-state index is 0.211. The second kappa shape index (κ2) is 6.19. The van der Waals surface area contributed by atoms with Gasteiger partial charge in [-0.25, -0.2) is 0 Å². The Balaban J connectivity index is 2.26. The highest BCUT2D eigenvalue weighted by molar-refractivity contribution is 5.52. The molecule has 0 aliphatic heterocycles. The van der Waals surface area contributed by atoms with Crippen molar-refractivity contribution in [2.75, 3.05) is 0 Å². The predicted molar refractivity (Wildman–Crippen MR) is 79.3 cm³/mol. The second-order valence-corrected chi connectivity index (χ2v) is 4.80. The van der Waals surface area contributed by atoms with E-state index in [0.717, 1.165) is 17.7 Å². The molecular weight excluding hydrogens is 232 g/mol. The van der Waals surface area contributed by atoms with Crippen molar-refractivity contribution in [3.63, 3.8) is 0 Å². The number of benzene rings is 1. The van der Waals surface area contributed by atoms with Gasteiger partial charge in [0, 0.05) is 18.6 Å². The second-order valence-electron chi connectivity index (χ2n) is 4.80. The Morgan fingerprint density at radius 3 is 2.37 bits per heavy atom. The van der Waals surface area contributed by atoms with E-state index < -0.39 is 0 Å². The van der Waals surface area contributed by atoms with Crippen molar-refractivity contribution >= 4 is 6.08 Å². The summed E-state index contributed by atoms with van der Waals surface area (Å²) in [5.41, 5.74) is 9.58. The Bertz CT molecular complexity index is 541. The molecule has 0 spiro atoms. The Labute approximate surface area is 115 Å². The normalized spacial score (nSPS) is 13.3. The van der Waals surface area contributed by atoms with Crippen LogP contribution in [0.1, 0.15) is 30.5 Å². The number of rotatable bonds is 4. The van der Waals surface area contributed by atoms with Gasteiger partial charge >= 0.3 is 0 Å². The SMILES string of the molecule is CCC(C(N)=Cc1ccc(C)cc1)[n+]1ccccc1. The molecule has 98 valence electrons. The molecule has 2 heteroatoms. The zero-order valence-corrected chi connectivity index (χ0v) is 11.6. The maximum atomic E-state index is 6.27. The Morgan fingerprint density at radius 1 is 1.16 bits per heavy atom. The van der Waals surface area contributed by atoms with E-state index in [1.807, 2.05) is 18.2 Å². The topological polar surface area (TPSA) is 29.9 Å². The maximum absolute atomic E-state index is 6.27. The molecule has 0 aliphatic carbocycles. The number of aryl methyl sites for hydroxylation is 1. The van der Waals surface area contributed by atoms with Gasteiger partial charge in [0.25, 0.3) is 0 Å². The van der Waals surface area contributed by atoms with Gasteiger partial charge in [-0.2, -0.15) is 4.57 Å². The van der Waals surface area contributed by atoms with E-state index >= 15 is 0 Å². The Hall–Kier alpha value is -2.09. The lowest BCUT2D eigenvalue weighted by Gasteiger charge is -2.10. The van der Waals surface area contributed by atoms with Gasteiger partial charge in [0.2, 0.25) is 0 Å². The smallest absolute Gasteiger partial charge is 0.197 e. The van der Waals surface area contributed by atoms with E-state index in [2.05, 4.69) is 61.1 Å². The first kappa shape index (κ1) is 13.3. The third-order valence-corrected chi connectivity index (χ3v) is 3.28. The minimum atomic E-state index is 0.211. The molecule has 0 amide bonds. The van der Waals surface area contributed by atoms with Gasteiger partial charge in [-0.15, -0.1) is 0 Å². The molecule has 1 aromatic carbocycles. The van der Waals surface area contributed by atoms with Crippen LogP contribution in [0.2, 0.25) is 0 Å². The summed E-state index contributed by atoms with van der Waals surface area (Å²) in [6.07, 6.45) is 7.16. The van der Waals surface area contributed by atoms with E-state index in [1.54, 1.807) is 0 Å². The van der Waals surface area contributed by atoms with Gasteiger partial charge in [0.05, 0.1) is 5.70 Å². The Kier molecular flexibility index (Phi) is 4.35. The van der Waals surface area contributed by atoms with Crippen molar-refractivity contribution in [2.24, 2.45) is 5.73 Å². The van der Waals surface area contributed by atoms with Crippen LogP contribution in [0.3, 0.4) is 0 Å². The molecule has 0 fully saturated rings. The number of allylic oxidation sites excluding steroid dienone is 1. The lowest BCUT2D eigenvalue weighted by atomic mass is 10.1. The molecule has 1 aromatic heterocycles. The van der Waals surface area contributed by atoms with Crippen LogP contribution in [0.25, 0.3) is 6.08 Å². The molecule has 2 aromatic rings. The van der Waals surface area contributed by atoms with Crippen molar-refractivity contribution in [1.29, 1.82) is 0 Å². The average Bonchev–Trinajstić information content (AvgIpc) is 2.43. The average molecular weight is 253 g/mol. The highest BCUT2D eigenvalue weighted by atomic mass is 15.0. The maximum Gasteiger partial charge on any atom is 0.197 e. The highest BCUT2D eigenvalue weighted by Gasteiger charge is 2.18. The molecule has 19 heavy (non-hydrogen) atoms. The molecule has 1 atom stereocenters. The lowest BCUT2D eigenvalue weighted by molar-refractivity contribution is -0.714. The fourth-order valence-corrected chi connectivity index (χ4v) is 2.19. The van der Waals surface area contributed by atoms with Crippen LogP contribution in [0, 0.1) is 6.92 Å². The van der Waals surface area contributed by atoms with Gasteiger partial charge < -0.3 is 5.73 Å². The van der Waals surface area contributed by atoms with Crippen molar-refractivity contribution in [1.82, 2.24) is 0 Å². The summed E-state index contributed by atoms with van der Waals surface area (Å²) in [5, 5.41) is 0. The van der Waals surface area contributed by atoms with Crippen LogP contribution < -0.4 is 10.3 Å². The fraction of sp³-hybridized carbons (Fsp3) is 0.235. The summed E-state index contributed by atoms with van der Waals surface area (Å²) >= 11 is 0. The molecule has 0 saturated heterocycles. The first-order valence-corrected chi connectivity index (χ1v) is 6.70. The van der Waals surface area contributed by atoms with Gasteiger partial charge in [-0.05, 0) is 18.6 Å². The van der Waals surface area contributed by atoms with Crippen LogP contribution >= 0.6 is 0 Å². The van der Waals surface area contributed by atoms with Crippen molar-refractivity contribution < 1.29 is 4.57 Å². The standard InChI is InChI=1S/C17H21N2/c1-3-17(19-11-5-4-6-12-19)16(18)13-15-9-7-14(2)8-10-15/h4-13,17H,3,18H2,1-2H3/q+1. The van der Waals surface area contributed by atoms with Gasteiger partial charge in [-0.3, -0.25) is 0 Å². The molecule has 0 saturated carbocycles. The van der Waals surface area contributed by atoms with E-state index in [9.17, 15) is 0 Å². The molecule has 1 heterocycles. The summed E-state index contributed by atoms with van der Waals surface area (Å²) in [4.78, 5) is 0. The molecule has 0 bridgehead atoms. The summed E-state index contributed by atoms with van der Waals surface area (Å²) in [5.74, 6) is 0. The number of aromatic nitrogens is 1. The molecule has 2 N–H and O–H groups in total. The number of nitrogens with zero attached hydrogens (tertiary/aromatic N) is 1. The first-order chi connectivity index (χ1) is 9.20. The zero-order chi connectivity index (χ0) is 13.7. The molecule has 0 radical (unpaired) electrons. The predicted octanol–water partition coefficient (Wildman–Crippen LogP) is 3.23. The van der Waals surface area contributed by atoms with Gasteiger partial charge in [-0.1, -0.05) is 42.8 Å². The number of hydrogen-bond donors (Lipinski definition) is 1. The van der Waals surface area contributed by atoms with Crippen LogP contribution in [-0.4, -0.2) is 0 Å². The highest BCUT2D eigenvalue weighted by Crippen LogP contribution is 2.14. The first-order valence-electron chi connectivity index (χ1n) is 6.70. The number of nitrogens with two attached hydrogens (primary N) is 1. The molecular formula is C17H21N2+. The van der Waals surface area contributed by atoms with Crippen LogP contribution in [-0.2, 0) is 0 Å². The largest absolute Gasteiger partial charge is 0.397 e. The number of pyridine rings is 1. The molecule has 1 unspecified atom stereocenters. The van der Waals surface area contributed by atoms with Crippen LogP contribution in [0.4, 0.5) is 0 Å². The molecule has 0 aliphatic rings. The van der Waals surface area contributed by atoms with E-state index in [0.29, 0.717) is 0 Å². The van der Waals surface area contributed by atoms with Crippen molar-refractivity contribution in [3.05, 3.63) is 71.7 Å². The third kappa shape index (κ3) is 3.44. The van der Waals surface area contributed by atoms with E-state index in [1.165, 1.54) is 5.56 Å². The fourth-order valence-electron chi connectivity index (χ4n) is 2.19. The third-order valence-electron chi connectivity index (χ3n) is 3.28. The minimum Gasteiger partial charge on any atom is -0.397 e. The zero-order valence-electron chi connectivity index (χ0n) is 11.6. The molecule has 2 nitrogen and oxygen atoms in total. The summed E-state index contributed by atoms with van der Waals surface area (Å²) in [7, 11) is 0. The van der Waals surface area contributed by atoms with E-state index in [-0.39, 0.29) is 6.04 Å². The summed E-state index contributed by atoms with van der Waals surface area (Å²) in [6.45, 7) is 4.24. The lowest BCUT2D eigenvalue weighted by Crippen LogP contribution is -2.41. The summed E-state index contributed by atoms with van der Waals surface area (Å²) < 4.78 is 2.15. The monoisotopic (exact) mass is 253 g/mol. The quantitative estimate of drug-likeness (QED) is 0.833. The molecule has 2 rings (SSSR count). The van der Waals surface area contributed by atoms with Crippen molar-refractivity contribution in [3.8, 4) is 0 Å². The van der Waals surface area contributed by atoms with Crippen molar-refractivity contribution in [2.45, 2.75) is 26.3 Å².